The molecule has 2 rings (SSSR count). The van der Waals surface area contributed by atoms with E-state index in [0.717, 1.165) is 31.2 Å². The molecule has 0 heterocycles. The van der Waals surface area contributed by atoms with Crippen LogP contribution >= 0.6 is 0 Å². The van der Waals surface area contributed by atoms with Crippen LogP contribution in [-0.2, 0) is 10.0 Å². The van der Waals surface area contributed by atoms with Crippen molar-refractivity contribution in [1.29, 1.82) is 0 Å². The van der Waals surface area contributed by atoms with Gasteiger partial charge in [0.1, 0.15) is 0 Å². The number of sulfonamides is 1. The van der Waals surface area contributed by atoms with Gasteiger partial charge in [0.2, 0.25) is 10.0 Å². The van der Waals surface area contributed by atoms with E-state index in [9.17, 15) is 13.5 Å². The van der Waals surface area contributed by atoms with E-state index in [1.54, 1.807) is 6.92 Å². The molecule has 1 aromatic carbocycles. The van der Waals surface area contributed by atoms with Crippen LogP contribution in [0.3, 0.4) is 0 Å². The van der Waals surface area contributed by atoms with Crippen molar-refractivity contribution in [2.45, 2.75) is 51.2 Å². The molecule has 0 bridgehead atoms. The molecular weight excluding hydrogens is 286 g/mol. The van der Waals surface area contributed by atoms with Gasteiger partial charge in [0.25, 0.3) is 0 Å². The van der Waals surface area contributed by atoms with Gasteiger partial charge in [-0.2, -0.15) is 0 Å². The summed E-state index contributed by atoms with van der Waals surface area (Å²) in [5, 5.41) is 10.1. The highest BCUT2D eigenvalue weighted by Crippen LogP contribution is 2.26. The highest BCUT2D eigenvalue weighted by Gasteiger charge is 2.24. The highest BCUT2D eigenvalue weighted by molar-refractivity contribution is 7.89. The Hall–Kier alpha value is -0.910. The van der Waals surface area contributed by atoms with Crippen LogP contribution in [0, 0.1) is 5.92 Å². The molecule has 2 atom stereocenters. The van der Waals surface area contributed by atoms with Crippen LogP contribution in [0.5, 0.6) is 0 Å². The lowest BCUT2D eigenvalue weighted by molar-refractivity contribution is 0.158. The number of aliphatic hydroxyl groups excluding tert-OH is 1. The van der Waals surface area contributed by atoms with Gasteiger partial charge in [0.05, 0.1) is 11.9 Å². The van der Waals surface area contributed by atoms with Crippen LogP contribution in [0.25, 0.3) is 0 Å². The van der Waals surface area contributed by atoms with Gasteiger partial charge in [-0.05, 0) is 37.7 Å². The molecule has 4 nitrogen and oxygen atoms in total. The van der Waals surface area contributed by atoms with E-state index < -0.39 is 16.1 Å². The summed E-state index contributed by atoms with van der Waals surface area (Å²) >= 11 is 0. The number of hydrogen-bond acceptors (Lipinski definition) is 3. The van der Waals surface area contributed by atoms with Gasteiger partial charge in [-0.15, -0.1) is 0 Å². The van der Waals surface area contributed by atoms with Crippen molar-refractivity contribution < 1.29 is 13.5 Å². The first-order valence-electron chi connectivity index (χ1n) is 7.69. The van der Waals surface area contributed by atoms with E-state index in [4.69, 9.17) is 0 Å². The first-order chi connectivity index (χ1) is 9.96. The quantitative estimate of drug-likeness (QED) is 0.813. The molecule has 1 aliphatic carbocycles. The van der Waals surface area contributed by atoms with Crippen LogP contribution in [0.4, 0.5) is 0 Å². The second-order valence-electron chi connectivity index (χ2n) is 6.11. The van der Waals surface area contributed by atoms with Gasteiger partial charge >= 0.3 is 0 Å². The third-order valence-electron chi connectivity index (χ3n) is 4.07. The lowest BCUT2D eigenvalue weighted by atomic mass is 10.0. The van der Waals surface area contributed by atoms with E-state index in [0.29, 0.717) is 12.3 Å². The Kier molecular flexibility index (Phi) is 5.79. The van der Waals surface area contributed by atoms with E-state index >= 15 is 0 Å². The van der Waals surface area contributed by atoms with Crippen molar-refractivity contribution in [3.63, 3.8) is 0 Å². The third-order valence-corrected chi connectivity index (χ3v) is 5.74. The van der Waals surface area contributed by atoms with Crippen molar-refractivity contribution in [3.05, 3.63) is 35.9 Å². The summed E-state index contributed by atoms with van der Waals surface area (Å²) in [6.07, 6.45) is 4.05. The number of rotatable bonds is 7. The van der Waals surface area contributed by atoms with Crippen molar-refractivity contribution in [2.24, 2.45) is 5.92 Å². The minimum Gasteiger partial charge on any atom is -0.388 e. The maximum absolute atomic E-state index is 12.1. The van der Waals surface area contributed by atoms with Crippen LogP contribution in [0.2, 0.25) is 0 Å². The molecule has 21 heavy (non-hydrogen) atoms. The Balaban J connectivity index is 1.84. The summed E-state index contributed by atoms with van der Waals surface area (Å²) in [5.74, 6) is 0.521. The molecule has 5 heteroatoms. The van der Waals surface area contributed by atoms with Gasteiger partial charge < -0.3 is 5.11 Å². The Bertz CT molecular complexity index is 524. The average Bonchev–Trinajstić information content (AvgIpc) is 2.90. The van der Waals surface area contributed by atoms with Crippen LogP contribution < -0.4 is 4.72 Å². The lowest BCUT2D eigenvalue weighted by Gasteiger charge is -2.19. The first-order valence-corrected chi connectivity index (χ1v) is 9.34. The highest BCUT2D eigenvalue weighted by atomic mass is 32.2. The Morgan fingerprint density at radius 2 is 1.86 bits per heavy atom. The maximum atomic E-state index is 12.1. The molecular formula is C16H25NO3S. The molecule has 0 radical (unpaired) electrons. The molecule has 2 unspecified atom stereocenters. The normalized spacial score (nSPS) is 19.5. The molecule has 1 saturated carbocycles. The first kappa shape index (κ1) is 16.5. The minimum atomic E-state index is -3.25. The second kappa shape index (κ2) is 7.38. The Labute approximate surface area is 127 Å². The summed E-state index contributed by atoms with van der Waals surface area (Å²) in [7, 11) is -3.25. The van der Waals surface area contributed by atoms with Crippen LogP contribution in [0.15, 0.2) is 30.3 Å². The fourth-order valence-electron chi connectivity index (χ4n) is 3.04. The lowest BCUT2D eigenvalue weighted by Crippen LogP contribution is -2.36. The monoisotopic (exact) mass is 311 g/mol. The van der Waals surface area contributed by atoms with Crippen molar-refractivity contribution >= 4 is 10.0 Å². The number of aliphatic hydroxyl groups is 1. The van der Waals surface area contributed by atoms with Gasteiger partial charge in [-0.3, -0.25) is 0 Å². The molecule has 118 valence electrons. The molecule has 1 fully saturated rings. The van der Waals surface area contributed by atoms with Gasteiger partial charge in [-0.1, -0.05) is 43.2 Å². The van der Waals surface area contributed by atoms with Gasteiger partial charge in [0.15, 0.2) is 0 Å². The Morgan fingerprint density at radius 1 is 1.24 bits per heavy atom. The smallest absolute Gasteiger partial charge is 0.212 e. The van der Waals surface area contributed by atoms with E-state index in [1.165, 1.54) is 0 Å². The molecule has 1 aliphatic rings. The van der Waals surface area contributed by atoms with Gasteiger partial charge in [-0.25, -0.2) is 13.1 Å². The fourth-order valence-corrected chi connectivity index (χ4v) is 4.80. The predicted octanol–water partition coefficient (Wildman–Crippen LogP) is 2.61. The number of benzene rings is 1. The molecule has 0 spiro atoms. The molecule has 0 amide bonds. The standard InChI is InChI=1S/C16H25NO3S/c1-13(11-16(18)15-9-3-2-4-10-15)17-21(19,20)12-14-7-5-6-8-14/h2-4,9-10,13-14,16-18H,5-8,11-12H2,1H3. The SMILES string of the molecule is CC(CC(O)c1ccccc1)NS(=O)(=O)CC1CCCC1. The molecule has 0 aromatic heterocycles. The molecule has 1 aromatic rings. The summed E-state index contributed by atoms with van der Waals surface area (Å²) in [6.45, 7) is 1.80. The summed E-state index contributed by atoms with van der Waals surface area (Å²) in [6, 6.07) is 9.06. The predicted molar refractivity (Wildman–Crippen MR) is 84.4 cm³/mol. The van der Waals surface area contributed by atoms with Crippen molar-refractivity contribution in [3.8, 4) is 0 Å². The zero-order valence-electron chi connectivity index (χ0n) is 12.5. The Morgan fingerprint density at radius 3 is 2.48 bits per heavy atom. The largest absolute Gasteiger partial charge is 0.388 e. The summed E-state index contributed by atoms with van der Waals surface area (Å²) in [5.41, 5.74) is 0.819. The number of hydrogen-bond donors (Lipinski definition) is 2. The molecule has 2 N–H and O–H groups in total. The maximum Gasteiger partial charge on any atom is 0.212 e. The second-order valence-corrected chi connectivity index (χ2v) is 7.91. The van der Waals surface area contributed by atoms with E-state index in [2.05, 4.69) is 4.72 Å². The van der Waals surface area contributed by atoms with Crippen LogP contribution in [0.1, 0.15) is 50.7 Å². The summed E-state index contributed by atoms with van der Waals surface area (Å²) < 4.78 is 26.9. The van der Waals surface area contributed by atoms with Gasteiger partial charge in [0, 0.05) is 6.04 Å². The third kappa shape index (κ3) is 5.41. The zero-order chi connectivity index (χ0) is 15.3. The summed E-state index contributed by atoms with van der Waals surface area (Å²) in [4.78, 5) is 0. The van der Waals surface area contributed by atoms with Crippen LogP contribution in [-0.4, -0.2) is 25.3 Å². The van der Waals surface area contributed by atoms with E-state index in [-0.39, 0.29) is 11.8 Å². The van der Waals surface area contributed by atoms with Crippen molar-refractivity contribution in [2.75, 3.05) is 5.75 Å². The fraction of sp³-hybridized carbons (Fsp3) is 0.625. The van der Waals surface area contributed by atoms with Crippen molar-refractivity contribution in [1.82, 2.24) is 4.72 Å². The number of nitrogens with one attached hydrogen (secondary N) is 1. The molecule has 0 saturated heterocycles. The average molecular weight is 311 g/mol. The zero-order valence-corrected chi connectivity index (χ0v) is 13.3. The topological polar surface area (TPSA) is 66.4 Å². The van der Waals surface area contributed by atoms with E-state index in [1.807, 2.05) is 30.3 Å². The molecule has 0 aliphatic heterocycles. The minimum absolute atomic E-state index is 0.221.